The van der Waals surface area contributed by atoms with Crippen LogP contribution in [-0.4, -0.2) is 24.8 Å². The summed E-state index contributed by atoms with van der Waals surface area (Å²) < 4.78 is 10.8. The molecule has 21 heavy (non-hydrogen) atoms. The number of nitrogens with one attached hydrogen (secondary N) is 1. The number of benzene rings is 1. The standard InChI is InChI=1S/C15H23ClN2O3/c1-5-20-13-7-6-10(16)8-11(13)12(9-17)18-14(19)21-15(2,3)4/h6-8,12H,5,9,17H2,1-4H3,(H,18,19). The van der Waals surface area contributed by atoms with E-state index in [1.54, 1.807) is 39.0 Å². The number of hydrogen-bond donors (Lipinski definition) is 2. The maximum absolute atomic E-state index is 11.9. The highest BCUT2D eigenvalue weighted by Gasteiger charge is 2.22. The van der Waals surface area contributed by atoms with Crippen LogP contribution in [-0.2, 0) is 4.74 Å². The van der Waals surface area contributed by atoms with Crippen molar-refractivity contribution in [3.63, 3.8) is 0 Å². The molecule has 3 N–H and O–H groups in total. The van der Waals surface area contributed by atoms with E-state index in [0.29, 0.717) is 17.4 Å². The second-order valence-electron chi connectivity index (χ2n) is 5.55. The van der Waals surface area contributed by atoms with Gasteiger partial charge in [0.05, 0.1) is 12.6 Å². The summed E-state index contributed by atoms with van der Waals surface area (Å²) in [5, 5.41) is 3.29. The summed E-state index contributed by atoms with van der Waals surface area (Å²) in [6.07, 6.45) is -0.527. The average molecular weight is 315 g/mol. The molecular formula is C15H23ClN2O3. The van der Waals surface area contributed by atoms with Gasteiger partial charge in [-0.05, 0) is 45.9 Å². The molecule has 0 aliphatic heterocycles. The zero-order valence-electron chi connectivity index (χ0n) is 12.9. The van der Waals surface area contributed by atoms with Gasteiger partial charge in [0, 0.05) is 17.1 Å². The first-order chi connectivity index (χ1) is 9.76. The van der Waals surface area contributed by atoms with E-state index in [2.05, 4.69) is 5.32 Å². The lowest BCUT2D eigenvalue weighted by Crippen LogP contribution is -2.38. The van der Waals surface area contributed by atoms with Gasteiger partial charge in [-0.15, -0.1) is 0 Å². The molecule has 118 valence electrons. The molecule has 5 nitrogen and oxygen atoms in total. The molecule has 1 aromatic rings. The fourth-order valence-electron chi connectivity index (χ4n) is 1.79. The van der Waals surface area contributed by atoms with Gasteiger partial charge in [0.25, 0.3) is 0 Å². The van der Waals surface area contributed by atoms with Crippen molar-refractivity contribution < 1.29 is 14.3 Å². The normalized spacial score (nSPS) is 12.7. The van der Waals surface area contributed by atoms with Gasteiger partial charge in [0.2, 0.25) is 0 Å². The smallest absolute Gasteiger partial charge is 0.408 e. The van der Waals surface area contributed by atoms with Crippen molar-refractivity contribution in [1.29, 1.82) is 0 Å². The van der Waals surface area contributed by atoms with Crippen LogP contribution in [0, 0.1) is 0 Å². The monoisotopic (exact) mass is 314 g/mol. The molecule has 6 heteroatoms. The summed E-state index contributed by atoms with van der Waals surface area (Å²) in [6.45, 7) is 8.01. The Labute approximate surface area is 130 Å². The molecule has 1 aromatic carbocycles. The molecule has 1 atom stereocenters. The minimum atomic E-state index is -0.569. The van der Waals surface area contributed by atoms with Gasteiger partial charge in [-0.1, -0.05) is 11.6 Å². The van der Waals surface area contributed by atoms with Crippen molar-refractivity contribution in [2.75, 3.05) is 13.2 Å². The summed E-state index contributed by atoms with van der Waals surface area (Å²) in [4.78, 5) is 11.9. The van der Waals surface area contributed by atoms with E-state index >= 15 is 0 Å². The van der Waals surface area contributed by atoms with Crippen LogP contribution in [0.1, 0.15) is 39.3 Å². The van der Waals surface area contributed by atoms with Crippen molar-refractivity contribution in [2.45, 2.75) is 39.3 Å². The SMILES string of the molecule is CCOc1ccc(Cl)cc1C(CN)NC(=O)OC(C)(C)C. The highest BCUT2D eigenvalue weighted by atomic mass is 35.5. The van der Waals surface area contributed by atoms with E-state index in [4.69, 9.17) is 26.8 Å². The van der Waals surface area contributed by atoms with Crippen LogP contribution in [0.3, 0.4) is 0 Å². The Morgan fingerprint density at radius 1 is 1.43 bits per heavy atom. The predicted molar refractivity (Wildman–Crippen MR) is 83.8 cm³/mol. The first-order valence-corrected chi connectivity index (χ1v) is 7.26. The van der Waals surface area contributed by atoms with E-state index < -0.39 is 17.7 Å². The zero-order valence-corrected chi connectivity index (χ0v) is 13.7. The Balaban J connectivity index is 2.94. The summed E-state index contributed by atoms with van der Waals surface area (Å²) in [5.74, 6) is 0.647. The van der Waals surface area contributed by atoms with Gasteiger partial charge < -0.3 is 20.5 Å². The molecule has 0 bridgehead atoms. The van der Waals surface area contributed by atoms with E-state index in [0.717, 1.165) is 5.56 Å². The van der Waals surface area contributed by atoms with Crippen molar-refractivity contribution in [3.8, 4) is 5.75 Å². The maximum Gasteiger partial charge on any atom is 0.408 e. The highest BCUT2D eigenvalue weighted by Crippen LogP contribution is 2.28. The molecule has 1 unspecified atom stereocenters. The molecule has 0 heterocycles. The van der Waals surface area contributed by atoms with Gasteiger partial charge in [-0.25, -0.2) is 4.79 Å². The summed E-state index contributed by atoms with van der Waals surface area (Å²) in [5.41, 5.74) is 5.93. The van der Waals surface area contributed by atoms with Gasteiger partial charge in [-0.2, -0.15) is 0 Å². The predicted octanol–water partition coefficient (Wildman–Crippen LogP) is 3.26. The molecule has 0 saturated carbocycles. The third-order valence-electron chi connectivity index (χ3n) is 2.57. The number of ether oxygens (including phenoxy) is 2. The summed E-state index contributed by atoms with van der Waals surface area (Å²) in [6, 6.07) is 4.80. The molecule has 0 aliphatic carbocycles. The fourth-order valence-corrected chi connectivity index (χ4v) is 1.97. The number of nitrogens with two attached hydrogens (primary N) is 1. The third kappa shape index (κ3) is 5.81. The molecule has 0 spiro atoms. The van der Waals surface area contributed by atoms with Gasteiger partial charge in [-0.3, -0.25) is 0 Å². The van der Waals surface area contributed by atoms with Gasteiger partial charge in [0.15, 0.2) is 0 Å². The van der Waals surface area contributed by atoms with Crippen LogP contribution < -0.4 is 15.8 Å². The minimum absolute atomic E-state index is 0.208. The van der Waals surface area contributed by atoms with Gasteiger partial charge >= 0.3 is 6.09 Å². The zero-order chi connectivity index (χ0) is 16.0. The lowest BCUT2D eigenvalue weighted by molar-refractivity contribution is 0.0504. The fraction of sp³-hybridized carbons (Fsp3) is 0.533. The Morgan fingerprint density at radius 2 is 2.10 bits per heavy atom. The molecule has 0 aromatic heterocycles. The minimum Gasteiger partial charge on any atom is -0.494 e. The topological polar surface area (TPSA) is 73.6 Å². The average Bonchev–Trinajstić information content (AvgIpc) is 2.36. The Hall–Kier alpha value is -1.46. The Morgan fingerprint density at radius 3 is 2.62 bits per heavy atom. The number of amides is 1. The Kier molecular flexibility index (Phi) is 6.30. The summed E-state index contributed by atoms with van der Waals surface area (Å²) in [7, 11) is 0. The van der Waals surface area contributed by atoms with Crippen LogP contribution in [0.25, 0.3) is 0 Å². The molecule has 0 aliphatic rings. The molecular weight excluding hydrogens is 292 g/mol. The number of halogens is 1. The van der Waals surface area contributed by atoms with E-state index in [-0.39, 0.29) is 6.54 Å². The molecule has 0 radical (unpaired) electrons. The van der Waals surface area contributed by atoms with Crippen LogP contribution >= 0.6 is 11.6 Å². The molecule has 0 fully saturated rings. The second kappa shape index (κ2) is 7.52. The molecule has 1 amide bonds. The lowest BCUT2D eigenvalue weighted by atomic mass is 10.1. The van der Waals surface area contributed by atoms with E-state index in [1.165, 1.54) is 0 Å². The van der Waals surface area contributed by atoms with Crippen molar-refractivity contribution in [1.82, 2.24) is 5.32 Å². The van der Waals surface area contributed by atoms with Crippen molar-refractivity contribution in [2.24, 2.45) is 5.73 Å². The quantitative estimate of drug-likeness (QED) is 0.875. The number of rotatable bonds is 5. The number of carbonyl (C=O) groups excluding carboxylic acids is 1. The van der Waals surface area contributed by atoms with Crippen molar-refractivity contribution >= 4 is 17.7 Å². The third-order valence-corrected chi connectivity index (χ3v) is 2.81. The first kappa shape index (κ1) is 17.6. The molecule has 0 saturated heterocycles. The Bertz CT molecular complexity index is 486. The number of hydrogen-bond acceptors (Lipinski definition) is 4. The van der Waals surface area contributed by atoms with E-state index in [9.17, 15) is 4.79 Å². The summed E-state index contributed by atoms with van der Waals surface area (Å²) >= 11 is 6.02. The largest absolute Gasteiger partial charge is 0.494 e. The lowest BCUT2D eigenvalue weighted by Gasteiger charge is -2.24. The number of carbonyl (C=O) groups is 1. The first-order valence-electron chi connectivity index (χ1n) is 6.88. The molecule has 1 rings (SSSR count). The van der Waals surface area contributed by atoms with Crippen molar-refractivity contribution in [3.05, 3.63) is 28.8 Å². The second-order valence-corrected chi connectivity index (χ2v) is 5.99. The van der Waals surface area contributed by atoms with Crippen LogP contribution in [0.4, 0.5) is 4.79 Å². The van der Waals surface area contributed by atoms with Crippen LogP contribution in [0.2, 0.25) is 5.02 Å². The van der Waals surface area contributed by atoms with Gasteiger partial charge in [0.1, 0.15) is 11.4 Å². The number of alkyl carbamates (subject to hydrolysis) is 1. The van der Waals surface area contributed by atoms with Crippen LogP contribution in [0.5, 0.6) is 5.75 Å². The van der Waals surface area contributed by atoms with E-state index in [1.807, 2.05) is 6.92 Å². The highest BCUT2D eigenvalue weighted by molar-refractivity contribution is 6.30. The maximum atomic E-state index is 11.9. The van der Waals surface area contributed by atoms with Crippen LogP contribution in [0.15, 0.2) is 18.2 Å².